The molecule has 0 aromatic heterocycles. The molecule has 0 aliphatic carbocycles. The molecule has 2 aliphatic rings. The van der Waals surface area contributed by atoms with E-state index in [2.05, 4.69) is 52.7 Å². The molecule has 208 valence electrons. The van der Waals surface area contributed by atoms with Crippen molar-refractivity contribution in [2.45, 2.75) is 58.1 Å². The van der Waals surface area contributed by atoms with Crippen molar-refractivity contribution in [3.8, 4) is 0 Å². The third-order valence-corrected chi connectivity index (χ3v) is 7.34. The molecule has 3 atom stereocenters. The smallest absolute Gasteiger partial charge is 0.406 e. The van der Waals surface area contributed by atoms with Gasteiger partial charge in [0.05, 0.1) is 19.8 Å². The van der Waals surface area contributed by atoms with Crippen molar-refractivity contribution >= 4 is 12.1 Å². The summed E-state index contributed by atoms with van der Waals surface area (Å²) < 4.78 is 16.5. The highest BCUT2D eigenvalue weighted by molar-refractivity contribution is 5.74. The summed E-state index contributed by atoms with van der Waals surface area (Å²) in [7, 11) is 3.28. The monoisotopic (exact) mass is 518 g/mol. The number of alkyl carbamates (subject to hydrolysis) is 1. The zero-order valence-corrected chi connectivity index (χ0v) is 23.0. The Labute approximate surface area is 222 Å². The van der Waals surface area contributed by atoms with Crippen molar-refractivity contribution in [3.63, 3.8) is 0 Å². The third-order valence-electron chi connectivity index (χ3n) is 7.34. The van der Waals surface area contributed by atoms with E-state index in [-0.39, 0.29) is 24.1 Å². The minimum Gasteiger partial charge on any atom is -0.453 e. The van der Waals surface area contributed by atoms with Gasteiger partial charge in [-0.25, -0.2) is 9.59 Å². The molecule has 1 aromatic carbocycles. The molecule has 0 saturated carbocycles. The Morgan fingerprint density at radius 3 is 2.54 bits per heavy atom. The van der Waals surface area contributed by atoms with Gasteiger partial charge in [0, 0.05) is 51.4 Å². The standard InChI is InChI=1S/C28H46N4O5/c1-20-14-21(2)16-24(15-20)26(37-13-9-30-28(34)35-4)23-6-5-10-32(19-23)27(33)31-25(18-29-3)17-22-7-11-36-12-8-22/h14-16,22-23,25-26,29H,5-13,17-19H2,1-4H3,(H,30,34)(H,31,33). The van der Waals surface area contributed by atoms with Gasteiger partial charge >= 0.3 is 12.1 Å². The Bertz CT molecular complexity index is 841. The minimum atomic E-state index is -0.469. The van der Waals surface area contributed by atoms with E-state index in [9.17, 15) is 9.59 Å². The van der Waals surface area contributed by atoms with Crippen molar-refractivity contribution in [1.82, 2.24) is 20.9 Å². The van der Waals surface area contributed by atoms with E-state index in [1.54, 1.807) is 0 Å². The number of likely N-dealkylation sites (N-methyl/N-ethyl adjacent to an activating group) is 1. The summed E-state index contributed by atoms with van der Waals surface area (Å²) in [6.07, 6.45) is 4.36. The number of carbonyl (C=O) groups is 2. The molecule has 0 bridgehead atoms. The number of ether oxygens (including phenoxy) is 3. The van der Waals surface area contributed by atoms with Crippen LogP contribution in [0.4, 0.5) is 9.59 Å². The molecule has 2 saturated heterocycles. The second-order valence-corrected chi connectivity index (χ2v) is 10.5. The molecular formula is C28H46N4O5. The van der Waals surface area contributed by atoms with E-state index in [0.29, 0.717) is 25.6 Å². The molecule has 3 unspecified atom stereocenters. The summed E-state index contributed by atoms with van der Waals surface area (Å²) in [5.41, 5.74) is 3.49. The predicted octanol–water partition coefficient (Wildman–Crippen LogP) is 3.54. The van der Waals surface area contributed by atoms with Gasteiger partial charge in [0.15, 0.2) is 0 Å². The molecule has 3 amide bonds. The Hall–Kier alpha value is -2.36. The topological polar surface area (TPSA) is 101 Å². The van der Waals surface area contributed by atoms with Crippen LogP contribution in [0.5, 0.6) is 0 Å². The number of methoxy groups -OCH3 is 1. The Morgan fingerprint density at radius 2 is 1.86 bits per heavy atom. The lowest BCUT2D eigenvalue weighted by Gasteiger charge is -2.38. The summed E-state index contributed by atoms with van der Waals surface area (Å²) in [5, 5.41) is 9.23. The van der Waals surface area contributed by atoms with Crippen LogP contribution in [0.15, 0.2) is 18.2 Å². The van der Waals surface area contributed by atoms with Crippen LogP contribution in [0, 0.1) is 25.7 Å². The summed E-state index contributed by atoms with van der Waals surface area (Å²) in [6, 6.07) is 6.59. The van der Waals surface area contributed by atoms with Gasteiger partial charge in [0.2, 0.25) is 0 Å². The molecule has 0 radical (unpaired) electrons. The van der Waals surface area contributed by atoms with E-state index in [4.69, 9.17) is 9.47 Å². The van der Waals surface area contributed by atoms with Crippen LogP contribution in [-0.2, 0) is 14.2 Å². The van der Waals surface area contributed by atoms with Crippen molar-refractivity contribution in [1.29, 1.82) is 0 Å². The highest BCUT2D eigenvalue weighted by Crippen LogP contribution is 2.34. The van der Waals surface area contributed by atoms with E-state index in [0.717, 1.165) is 64.0 Å². The quantitative estimate of drug-likeness (QED) is 0.388. The van der Waals surface area contributed by atoms with Gasteiger partial charge in [-0.1, -0.05) is 29.3 Å². The lowest BCUT2D eigenvalue weighted by atomic mass is 9.87. The number of carbonyl (C=O) groups excluding carboxylic acids is 2. The Morgan fingerprint density at radius 1 is 1.14 bits per heavy atom. The fourth-order valence-corrected chi connectivity index (χ4v) is 5.62. The van der Waals surface area contributed by atoms with Crippen LogP contribution < -0.4 is 16.0 Å². The number of nitrogens with zero attached hydrogens (tertiary/aromatic N) is 1. The Balaban J connectivity index is 1.65. The van der Waals surface area contributed by atoms with E-state index in [1.807, 2.05) is 11.9 Å². The average molecular weight is 519 g/mol. The molecule has 2 heterocycles. The third kappa shape index (κ3) is 9.47. The van der Waals surface area contributed by atoms with Gasteiger partial charge in [-0.15, -0.1) is 0 Å². The summed E-state index contributed by atoms with van der Waals surface area (Å²) in [4.78, 5) is 26.8. The van der Waals surface area contributed by atoms with Crippen molar-refractivity contribution < 1.29 is 23.8 Å². The van der Waals surface area contributed by atoms with Crippen LogP contribution in [-0.4, -0.2) is 83.2 Å². The number of piperidine rings is 1. The first kappa shape index (κ1) is 29.2. The molecule has 3 N–H and O–H groups in total. The molecule has 9 heteroatoms. The van der Waals surface area contributed by atoms with Crippen molar-refractivity contribution in [2.24, 2.45) is 11.8 Å². The SMILES string of the molecule is CNCC(CC1CCOCC1)NC(=O)N1CCCC(C(OCCNC(=O)OC)c2cc(C)cc(C)c2)C1. The van der Waals surface area contributed by atoms with Crippen LogP contribution in [0.25, 0.3) is 0 Å². The van der Waals surface area contributed by atoms with Crippen molar-refractivity contribution in [3.05, 3.63) is 34.9 Å². The predicted molar refractivity (Wildman–Crippen MR) is 144 cm³/mol. The number of nitrogens with one attached hydrogen (secondary N) is 3. The molecule has 37 heavy (non-hydrogen) atoms. The van der Waals surface area contributed by atoms with Crippen LogP contribution in [0.3, 0.4) is 0 Å². The molecule has 2 fully saturated rings. The minimum absolute atomic E-state index is 0.00328. The molecule has 1 aromatic rings. The highest BCUT2D eigenvalue weighted by Gasteiger charge is 2.32. The molecule has 9 nitrogen and oxygen atoms in total. The molecule has 0 spiro atoms. The van der Waals surface area contributed by atoms with Gasteiger partial charge < -0.3 is 35.1 Å². The first-order valence-electron chi connectivity index (χ1n) is 13.7. The van der Waals surface area contributed by atoms with Gasteiger partial charge in [-0.3, -0.25) is 0 Å². The molecule has 2 aliphatic heterocycles. The number of hydrogen-bond donors (Lipinski definition) is 3. The summed E-state index contributed by atoms with van der Waals surface area (Å²) >= 11 is 0. The lowest BCUT2D eigenvalue weighted by molar-refractivity contribution is -0.00875. The van der Waals surface area contributed by atoms with E-state index < -0.39 is 6.09 Å². The number of rotatable bonds is 11. The highest BCUT2D eigenvalue weighted by atomic mass is 16.5. The van der Waals surface area contributed by atoms with Gasteiger partial charge in [0.25, 0.3) is 0 Å². The average Bonchev–Trinajstić information content (AvgIpc) is 2.88. The largest absolute Gasteiger partial charge is 0.453 e. The van der Waals surface area contributed by atoms with Crippen LogP contribution >= 0.6 is 0 Å². The Kier molecular flexibility index (Phi) is 12.0. The number of amides is 3. The number of urea groups is 1. The first-order valence-corrected chi connectivity index (χ1v) is 13.7. The van der Waals surface area contributed by atoms with Gasteiger partial charge in [-0.2, -0.15) is 0 Å². The maximum absolute atomic E-state index is 13.4. The van der Waals surface area contributed by atoms with Gasteiger partial charge in [0.1, 0.15) is 0 Å². The first-order chi connectivity index (χ1) is 17.9. The maximum atomic E-state index is 13.4. The van der Waals surface area contributed by atoms with E-state index >= 15 is 0 Å². The zero-order valence-electron chi connectivity index (χ0n) is 23.0. The normalized spacial score (nSPS) is 20.2. The van der Waals surface area contributed by atoms with E-state index in [1.165, 1.54) is 18.2 Å². The maximum Gasteiger partial charge on any atom is 0.406 e. The second-order valence-electron chi connectivity index (χ2n) is 10.5. The number of likely N-dealkylation sites (tertiary alicyclic amines) is 1. The molecule has 3 rings (SSSR count). The molecular weight excluding hydrogens is 472 g/mol. The van der Waals surface area contributed by atoms with Crippen LogP contribution in [0.2, 0.25) is 0 Å². The lowest BCUT2D eigenvalue weighted by Crippen LogP contribution is -2.52. The fraction of sp³-hybridized carbons (Fsp3) is 0.714. The second kappa shape index (κ2) is 15.1. The van der Waals surface area contributed by atoms with Crippen molar-refractivity contribution in [2.75, 3.05) is 60.2 Å². The number of aryl methyl sites for hydroxylation is 2. The van der Waals surface area contributed by atoms with Gasteiger partial charge in [-0.05, 0) is 64.5 Å². The van der Waals surface area contributed by atoms with Crippen LogP contribution in [0.1, 0.15) is 54.9 Å². The number of benzene rings is 1. The summed E-state index contributed by atoms with van der Waals surface area (Å²) in [5.74, 6) is 0.750. The zero-order chi connectivity index (χ0) is 26.6. The number of hydrogen-bond acceptors (Lipinski definition) is 6. The summed E-state index contributed by atoms with van der Waals surface area (Å²) in [6.45, 7) is 8.67. The fourth-order valence-electron chi connectivity index (χ4n) is 5.62.